The molecular weight excluding hydrogens is 470 g/mol. The molecule has 6 nitrogen and oxygen atoms in total. The molecule has 0 fully saturated rings. The number of sulfone groups is 1. The van der Waals surface area contributed by atoms with E-state index in [-0.39, 0.29) is 9.80 Å². The summed E-state index contributed by atoms with van der Waals surface area (Å²) in [4.78, 5) is -0.339. The quantitative estimate of drug-likeness (QED) is 0.300. The maximum atomic E-state index is 13.1. The number of aromatic nitrogens is 2. The number of hydrogen-bond acceptors (Lipinski definition) is 5. The third-order valence-corrected chi connectivity index (χ3v) is 6.98. The van der Waals surface area contributed by atoms with E-state index in [1.807, 2.05) is 43.3 Å². The molecule has 34 heavy (non-hydrogen) atoms. The van der Waals surface area contributed by atoms with Gasteiger partial charge in [0.25, 0.3) is 0 Å². The van der Waals surface area contributed by atoms with E-state index in [2.05, 4.69) is 5.10 Å². The monoisotopic (exact) mass is 489 g/mol. The van der Waals surface area contributed by atoms with E-state index in [4.69, 9.17) is 16.3 Å². The highest BCUT2D eigenvalue weighted by Crippen LogP contribution is 2.33. The molecule has 4 aromatic rings. The van der Waals surface area contributed by atoms with Crippen LogP contribution in [0.5, 0.6) is 5.75 Å². The minimum absolute atomic E-state index is 0.0453. The largest absolute Gasteiger partial charge is 0.492 e. The first-order chi connectivity index (χ1) is 16.4. The molecule has 0 aliphatic carbocycles. The van der Waals surface area contributed by atoms with Crippen molar-refractivity contribution in [3.63, 3.8) is 0 Å². The number of nitriles is 1. The molecule has 1 heterocycles. The summed E-state index contributed by atoms with van der Waals surface area (Å²) in [5.74, 6) is 0.539. The SMILES string of the molecule is CCOc1ccc(-c2nn(-c3ccccc3)cc2C=C(C#N)S(=O)(=O)c2ccccc2)cc1Cl. The minimum Gasteiger partial charge on any atom is -0.492 e. The molecule has 0 spiro atoms. The molecule has 0 atom stereocenters. The van der Waals surface area contributed by atoms with Crippen molar-refractivity contribution in [2.75, 3.05) is 6.61 Å². The Hall–Kier alpha value is -3.86. The van der Waals surface area contributed by atoms with Crippen molar-refractivity contribution in [1.29, 1.82) is 5.26 Å². The Bertz CT molecular complexity index is 1490. The second-order valence-corrected chi connectivity index (χ2v) is 9.55. The first kappa shape index (κ1) is 23.3. The molecule has 8 heteroatoms. The predicted octanol–water partition coefficient (Wildman–Crippen LogP) is 5.93. The van der Waals surface area contributed by atoms with E-state index in [1.54, 1.807) is 47.3 Å². The summed E-state index contributed by atoms with van der Waals surface area (Å²) in [5, 5.41) is 14.8. The Morgan fingerprint density at radius 3 is 2.38 bits per heavy atom. The predicted molar refractivity (Wildman–Crippen MR) is 132 cm³/mol. The van der Waals surface area contributed by atoms with Crippen LogP contribution in [0.15, 0.2) is 94.9 Å². The normalized spacial score (nSPS) is 11.7. The summed E-state index contributed by atoms with van der Waals surface area (Å²) in [7, 11) is -4.01. The summed E-state index contributed by atoms with van der Waals surface area (Å²) in [5.41, 5.74) is 2.37. The fourth-order valence-corrected chi connectivity index (χ4v) is 4.80. The van der Waals surface area contributed by atoms with Crippen LogP contribution >= 0.6 is 11.6 Å². The van der Waals surface area contributed by atoms with Crippen molar-refractivity contribution < 1.29 is 13.2 Å². The second-order valence-electron chi connectivity index (χ2n) is 7.23. The Labute approximate surface area is 203 Å². The van der Waals surface area contributed by atoms with Gasteiger partial charge in [0.15, 0.2) is 0 Å². The van der Waals surface area contributed by atoms with Crippen molar-refractivity contribution in [2.24, 2.45) is 0 Å². The zero-order valence-electron chi connectivity index (χ0n) is 18.2. The van der Waals surface area contributed by atoms with Gasteiger partial charge in [0.05, 0.1) is 22.2 Å². The molecule has 0 radical (unpaired) electrons. The van der Waals surface area contributed by atoms with Crippen LogP contribution in [0.4, 0.5) is 0 Å². The van der Waals surface area contributed by atoms with Gasteiger partial charge in [0.1, 0.15) is 22.4 Å². The first-order valence-corrected chi connectivity index (χ1v) is 12.3. The summed E-state index contributed by atoms with van der Waals surface area (Å²) in [6.45, 7) is 2.34. The fraction of sp³-hybridized carbons (Fsp3) is 0.0769. The molecule has 0 saturated heterocycles. The third-order valence-electron chi connectivity index (χ3n) is 5.01. The first-order valence-electron chi connectivity index (χ1n) is 10.4. The van der Waals surface area contributed by atoms with Crippen molar-refractivity contribution in [3.05, 3.63) is 101 Å². The van der Waals surface area contributed by atoms with Gasteiger partial charge in [-0.05, 0) is 55.5 Å². The van der Waals surface area contributed by atoms with Gasteiger partial charge >= 0.3 is 0 Å². The third kappa shape index (κ3) is 4.74. The summed E-state index contributed by atoms with van der Waals surface area (Å²) in [6, 6.07) is 24.3. The van der Waals surface area contributed by atoms with Crippen LogP contribution in [0.3, 0.4) is 0 Å². The Morgan fingerprint density at radius 2 is 1.76 bits per heavy atom. The lowest BCUT2D eigenvalue weighted by Gasteiger charge is -2.07. The van der Waals surface area contributed by atoms with Gasteiger partial charge in [-0.3, -0.25) is 0 Å². The van der Waals surface area contributed by atoms with E-state index in [1.165, 1.54) is 18.2 Å². The Morgan fingerprint density at radius 1 is 1.09 bits per heavy atom. The van der Waals surface area contributed by atoms with Gasteiger partial charge in [-0.25, -0.2) is 13.1 Å². The number of allylic oxidation sites excluding steroid dienone is 1. The van der Waals surface area contributed by atoms with Crippen molar-refractivity contribution in [3.8, 4) is 28.8 Å². The molecule has 170 valence electrons. The van der Waals surface area contributed by atoms with E-state index in [9.17, 15) is 13.7 Å². The number of hydrogen-bond donors (Lipinski definition) is 0. The topological polar surface area (TPSA) is 85.0 Å². The highest BCUT2D eigenvalue weighted by Gasteiger charge is 2.22. The van der Waals surface area contributed by atoms with Gasteiger partial charge in [-0.1, -0.05) is 48.0 Å². The van der Waals surface area contributed by atoms with Crippen molar-refractivity contribution in [2.45, 2.75) is 11.8 Å². The second kappa shape index (κ2) is 9.96. The average Bonchev–Trinajstić information content (AvgIpc) is 3.29. The smallest absolute Gasteiger partial charge is 0.216 e. The maximum Gasteiger partial charge on any atom is 0.216 e. The molecular formula is C26H20ClN3O3S. The number of para-hydroxylation sites is 1. The number of rotatable bonds is 7. The zero-order valence-corrected chi connectivity index (χ0v) is 19.8. The average molecular weight is 490 g/mol. The standard InChI is InChI=1S/C26H20ClN3O3S/c1-2-33-25-14-13-19(16-24(25)27)26-20(18-30(29-26)21-9-5-3-6-10-21)15-23(17-28)34(31,32)22-11-7-4-8-12-22/h3-16,18H,2H2,1H3. The molecule has 3 aromatic carbocycles. The van der Waals surface area contributed by atoms with Crippen LogP contribution in [0.2, 0.25) is 5.02 Å². The summed E-state index contributed by atoms with van der Waals surface area (Å²) >= 11 is 6.40. The highest BCUT2D eigenvalue weighted by molar-refractivity contribution is 7.95. The molecule has 1 aromatic heterocycles. The van der Waals surface area contributed by atoms with E-state index in [0.717, 1.165) is 5.69 Å². The molecule has 0 unspecified atom stereocenters. The molecule has 0 aliphatic rings. The van der Waals surface area contributed by atoms with Crippen LogP contribution in [0.1, 0.15) is 12.5 Å². The molecule has 0 saturated carbocycles. The van der Waals surface area contributed by atoms with E-state index >= 15 is 0 Å². The Kier molecular flexibility index (Phi) is 6.82. The van der Waals surface area contributed by atoms with Gasteiger partial charge in [0, 0.05) is 17.3 Å². The van der Waals surface area contributed by atoms with Crippen LogP contribution in [-0.4, -0.2) is 24.8 Å². The van der Waals surface area contributed by atoms with Crippen LogP contribution < -0.4 is 4.74 Å². The van der Waals surface area contributed by atoms with Gasteiger partial charge in [-0.2, -0.15) is 10.4 Å². The molecule has 0 aliphatic heterocycles. The van der Waals surface area contributed by atoms with Crippen LogP contribution in [0.25, 0.3) is 23.0 Å². The number of ether oxygens (including phenoxy) is 1. The highest BCUT2D eigenvalue weighted by atomic mass is 35.5. The minimum atomic E-state index is -4.01. The Balaban J connectivity index is 1.88. The fourth-order valence-electron chi connectivity index (χ4n) is 3.39. The summed E-state index contributed by atoms with van der Waals surface area (Å²) < 4.78 is 33.4. The van der Waals surface area contributed by atoms with Gasteiger partial charge in [0.2, 0.25) is 9.84 Å². The van der Waals surface area contributed by atoms with Crippen LogP contribution in [-0.2, 0) is 9.84 Å². The van der Waals surface area contributed by atoms with Gasteiger partial charge in [-0.15, -0.1) is 0 Å². The van der Waals surface area contributed by atoms with Crippen molar-refractivity contribution >= 4 is 27.5 Å². The number of halogens is 1. The molecule has 0 N–H and O–H groups in total. The molecule has 4 rings (SSSR count). The van der Waals surface area contributed by atoms with Crippen molar-refractivity contribution in [1.82, 2.24) is 9.78 Å². The molecule has 0 amide bonds. The van der Waals surface area contributed by atoms with E-state index in [0.29, 0.717) is 34.2 Å². The van der Waals surface area contributed by atoms with Gasteiger partial charge < -0.3 is 4.74 Å². The zero-order chi connectivity index (χ0) is 24.1. The van der Waals surface area contributed by atoms with Crippen LogP contribution in [0, 0.1) is 11.3 Å². The number of benzene rings is 3. The lowest BCUT2D eigenvalue weighted by molar-refractivity contribution is 0.340. The van der Waals surface area contributed by atoms with E-state index < -0.39 is 9.84 Å². The summed E-state index contributed by atoms with van der Waals surface area (Å²) in [6.07, 6.45) is 3.03. The lowest BCUT2D eigenvalue weighted by atomic mass is 10.1. The molecule has 0 bridgehead atoms. The maximum absolute atomic E-state index is 13.1. The lowest BCUT2D eigenvalue weighted by Crippen LogP contribution is -2.03. The number of nitrogens with zero attached hydrogens (tertiary/aromatic N) is 3.